The first-order valence-electron chi connectivity index (χ1n) is 20.7. The van der Waals surface area contributed by atoms with Crippen LogP contribution in [0.15, 0.2) is 224 Å². The largest absolute Gasteiger partial charge is 0.208 e. The molecule has 1 aromatic heterocycles. The molecule has 2 atom stereocenters. The molecule has 0 fully saturated rings. The molecule has 0 aliphatic heterocycles. The summed E-state index contributed by atoms with van der Waals surface area (Å²) < 4.78 is 0. The minimum absolute atomic E-state index is 0.136. The molecule has 0 N–H and O–H groups in total. The van der Waals surface area contributed by atoms with E-state index in [2.05, 4.69) is 171 Å². The Bertz CT molecular complexity index is 2980. The minimum Gasteiger partial charge on any atom is -0.208 e. The van der Waals surface area contributed by atoms with E-state index in [1.807, 2.05) is 60.7 Å². The third kappa shape index (κ3) is 5.54. The van der Waals surface area contributed by atoms with Crippen LogP contribution in [-0.2, 0) is 5.41 Å². The van der Waals surface area contributed by atoms with Gasteiger partial charge in [-0.2, -0.15) is 0 Å². The summed E-state index contributed by atoms with van der Waals surface area (Å²) >= 11 is 0. The fraction of sp³-hybridized carbons (Fsp3) is 0.0702. The molecule has 60 heavy (non-hydrogen) atoms. The SMILES string of the molecule is CC12C=CC=CC1c1c(-c3ccc4ccccc4c3-c3ccc(-c4nc(-c5ccccc5)nc(-c5ccccc5)n4)cc3)cccc1C2(c1ccccc1)c1ccccc1. The summed E-state index contributed by atoms with van der Waals surface area (Å²) in [5.74, 6) is 2.08. The van der Waals surface area contributed by atoms with E-state index in [0.29, 0.717) is 17.5 Å². The number of benzene rings is 8. The van der Waals surface area contributed by atoms with Crippen molar-refractivity contribution in [1.82, 2.24) is 15.0 Å². The zero-order valence-electron chi connectivity index (χ0n) is 33.3. The van der Waals surface area contributed by atoms with E-state index in [4.69, 9.17) is 15.0 Å². The van der Waals surface area contributed by atoms with Gasteiger partial charge < -0.3 is 0 Å². The van der Waals surface area contributed by atoms with Crippen LogP contribution >= 0.6 is 0 Å². The molecule has 0 spiro atoms. The first kappa shape index (κ1) is 35.7. The molecule has 11 rings (SSSR count). The van der Waals surface area contributed by atoms with Gasteiger partial charge in [0, 0.05) is 28.0 Å². The Morgan fingerprint density at radius 2 is 0.933 bits per heavy atom. The van der Waals surface area contributed by atoms with Gasteiger partial charge in [-0.15, -0.1) is 0 Å². The zero-order valence-corrected chi connectivity index (χ0v) is 33.3. The highest BCUT2D eigenvalue weighted by molar-refractivity contribution is 6.05. The monoisotopic (exact) mass is 767 g/mol. The van der Waals surface area contributed by atoms with Crippen LogP contribution in [0.3, 0.4) is 0 Å². The third-order valence-electron chi connectivity index (χ3n) is 12.9. The lowest BCUT2D eigenvalue weighted by Crippen LogP contribution is -2.43. The Kier molecular flexibility index (Phi) is 8.56. The Balaban J connectivity index is 1.11. The number of fused-ring (bicyclic) bond motifs is 4. The highest BCUT2D eigenvalue weighted by atomic mass is 15.0. The molecule has 3 nitrogen and oxygen atoms in total. The number of aromatic nitrogens is 3. The van der Waals surface area contributed by atoms with Gasteiger partial charge in [-0.25, -0.2) is 15.0 Å². The molecule has 284 valence electrons. The topological polar surface area (TPSA) is 38.7 Å². The lowest BCUT2D eigenvalue weighted by molar-refractivity contribution is 0.289. The van der Waals surface area contributed by atoms with E-state index in [0.717, 1.165) is 22.3 Å². The molecule has 0 radical (unpaired) electrons. The van der Waals surface area contributed by atoms with Crippen LogP contribution in [-0.4, -0.2) is 15.0 Å². The fourth-order valence-electron chi connectivity index (χ4n) is 10.2. The summed E-state index contributed by atoms with van der Waals surface area (Å²) in [6.07, 6.45) is 9.40. The normalized spacial score (nSPS) is 17.3. The van der Waals surface area contributed by atoms with Gasteiger partial charge in [0.05, 0.1) is 5.41 Å². The summed E-state index contributed by atoms with van der Waals surface area (Å²) in [4.78, 5) is 15.0. The predicted octanol–water partition coefficient (Wildman–Crippen LogP) is 13.9. The molecule has 2 unspecified atom stereocenters. The van der Waals surface area contributed by atoms with Crippen LogP contribution in [0, 0.1) is 5.41 Å². The van der Waals surface area contributed by atoms with Crippen LogP contribution < -0.4 is 0 Å². The summed E-state index contributed by atoms with van der Waals surface area (Å²) in [6, 6.07) is 71.8. The molecule has 2 aliphatic carbocycles. The van der Waals surface area contributed by atoms with Crippen LogP contribution in [0.5, 0.6) is 0 Å². The summed E-state index contributed by atoms with van der Waals surface area (Å²) in [6.45, 7) is 2.47. The minimum atomic E-state index is -0.423. The highest BCUT2D eigenvalue weighted by Crippen LogP contribution is 2.68. The van der Waals surface area contributed by atoms with Crippen LogP contribution in [0.1, 0.15) is 35.1 Å². The van der Waals surface area contributed by atoms with E-state index in [1.165, 1.54) is 49.7 Å². The number of hydrogen-bond acceptors (Lipinski definition) is 3. The molecular formula is C57H41N3. The van der Waals surface area contributed by atoms with E-state index < -0.39 is 5.41 Å². The average molecular weight is 768 g/mol. The van der Waals surface area contributed by atoms with Crippen molar-refractivity contribution in [2.24, 2.45) is 5.41 Å². The van der Waals surface area contributed by atoms with Gasteiger partial charge in [0.15, 0.2) is 17.5 Å². The van der Waals surface area contributed by atoms with Gasteiger partial charge in [-0.1, -0.05) is 231 Å². The van der Waals surface area contributed by atoms with Crippen LogP contribution in [0.2, 0.25) is 0 Å². The van der Waals surface area contributed by atoms with Crippen LogP contribution in [0.4, 0.5) is 0 Å². The van der Waals surface area contributed by atoms with Gasteiger partial charge in [0.25, 0.3) is 0 Å². The van der Waals surface area contributed by atoms with Crippen molar-refractivity contribution in [3.05, 3.63) is 247 Å². The highest BCUT2D eigenvalue weighted by Gasteiger charge is 2.61. The van der Waals surface area contributed by atoms with Crippen molar-refractivity contribution >= 4 is 10.8 Å². The van der Waals surface area contributed by atoms with Gasteiger partial charge >= 0.3 is 0 Å². The van der Waals surface area contributed by atoms with Gasteiger partial charge in [0.1, 0.15) is 0 Å². The molecular weight excluding hydrogens is 727 g/mol. The third-order valence-corrected chi connectivity index (χ3v) is 12.9. The van der Waals surface area contributed by atoms with Crippen molar-refractivity contribution in [2.45, 2.75) is 18.3 Å². The molecule has 0 bridgehead atoms. The van der Waals surface area contributed by atoms with Gasteiger partial charge in [-0.3, -0.25) is 0 Å². The maximum atomic E-state index is 5.03. The molecule has 0 saturated carbocycles. The summed E-state index contributed by atoms with van der Waals surface area (Å²) in [5, 5.41) is 2.43. The molecule has 0 saturated heterocycles. The lowest BCUT2D eigenvalue weighted by Gasteiger charge is -2.47. The van der Waals surface area contributed by atoms with Crippen molar-refractivity contribution in [3.63, 3.8) is 0 Å². The number of allylic oxidation sites excluding steroid dienone is 4. The second-order valence-electron chi connectivity index (χ2n) is 16.1. The van der Waals surface area contributed by atoms with E-state index >= 15 is 0 Å². The first-order valence-corrected chi connectivity index (χ1v) is 20.7. The van der Waals surface area contributed by atoms with Gasteiger partial charge in [0.2, 0.25) is 0 Å². The van der Waals surface area contributed by atoms with E-state index in [1.54, 1.807) is 0 Å². The van der Waals surface area contributed by atoms with E-state index in [9.17, 15) is 0 Å². The average Bonchev–Trinajstić information content (AvgIpc) is 3.57. The van der Waals surface area contributed by atoms with Crippen LogP contribution in [0.25, 0.3) is 67.2 Å². The maximum absolute atomic E-state index is 5.03. The Morgan fingerprint density at radius 1 is 0.417 bits per heavy atom. The smallest absolute Gasteiger partial charge is 0.164 e. The van der Waals surface area contributed by atoms with Crippen molar-refractivity contribution in [1.29, 1.82) is 0 Å². The lowest BCUT2D eigenvalue weighted by atomic mass is 9.54. The number of rotatable bonds is 7. The summed E-state index contributed by atoms with van der Waals surface area (Å²) in [7, 11) is 0. The quantitative estimate of drug-likeness (QED) is 0.162. The number of hydrogen-bond donors (Lipinski definition) is 0. The molecule has 2 aliphatic rings. The Morgan fingerprint density at radius 3 is 1.53 bits per heavy atom. The van der Waals surface area contributed by atoms with Gasteiger partial charge in [-0.05, 0) is 55.3 Å². The predicted molar refractivity (Wildman–Crippen MR) is 246 cm³/mol. The van der Waals surface area contributed by atoms with Crippen molar-refractivity contribution in [3.8, 4) is 56.4 Å². The second-order valence-corrected chi connectivity index (χ2v) is 16.1. The van der Waals surface area contributed by atoms with Crippen molar-refractivity contribution < 1.29 is 0 Å². The van der Waals surface area contributed by atoms with E-state index in [-0.39, 0.29) is 11.3 Å². The Labute approximate surface area is 351 Å². The zero-order chi connectivity index (χ0) is 40.1. The summed E-state index contributed by atoms with van der Waals surface area (Å²) in [5.41, 5.74) is 12.3. The fourth-order valence-corrected chi connectivity index (χ4v) is 10.2. The standard InChI is InChI=1S/C57H41N3/c1-56-38-17-16-30-49(56)52-47(29-18-31-50(52)57(56,44-24-10-4-11-25-44)45-26-12-5-13-27-45)48-37-36-39-19-14-15-28-46(39)51(48)40-32-34-43(35-33-40)55-59-53(41-20-6-2-7-21-41)58-54(60-55)42-22-8-3-9-23-42/h2-38,49H,1H3. The molecule has 1 heterocycles. The first-order chi connectivity index (χ1) is 29.6. The Hall–Kier alpha value is -7.49. The molecule has 9 aromatic rings. The molecule has 8 aromatic carbocycles. The maximum Gasteiger partial charge on any atom is 0.164 e. The number of nitrogens with zero attached hydrogens (tertiary/aromatic N) is 3. The second kappa shape index (κ2) is 14.4. The molecule has 3 heteroatoms. The van der Waals surface area contributed by atoms with Crippen molar-refractivity contribution in [2.75, 3.05) is 0 Å². The molecule has 0 amide bonds.